The molecular formula is C16H19NO2. The molecule has 3 heteroatoms. The minimum Gasteiger partial charge on any atom is -0.392 e. The van der Waals surface area contributed by atoms with Crippen LogP contribution < -0.4 is 0 Å². The van der Waals surface area contributed by atoms with Gasteiger partial charge in [0.15, 0.2) is 0 Å². The van der Waals surface area contributed by atoms with Crippen molar-refractivity contribution >= 4 is 0 Å². The van der Waals surface area contributed by atoms with E-state index in [1.54, 1.807) is 0 Å². The van der Waals surface area contributed by atoms with E-state index in [0.717, 1.165) is 30.5 Å². The molecule has 1 aliphatic carbocycles. The lowest BCUT2D eigenvalue weighted by molar-refractivity contribution is 0.154. The van der Waals surface area contributed by atoms with E-state index in [1.165, 1.54) is 5.56 Å². The van der Waals surface area contributed by atoms with E-state index in [1.807, 2.05) is 42.7 Å². The van der Waals surface area contributed by atoms with Crippen LogP contribution in [0.25, 0.3) is 0 Å². The van der Waals surface area contributed by atoms with Gasteiger partial charge < -0.3 is 14.8 Å². The zero-order valence-corrected chi connectivity index (χ0v) is 10.9. The first-order valence-electron chi connectivity index (χ1n) is 6.78. The van der Waals surface area contributed by atoms with Gasteiger partial charge in [0.1, 0.15) is 0 Å². The van der Waals surface area contributed by atoms with Gasteiger partial charge in [-0.25, -0.2) is 0 Å². The van der Waals surface area contributed by atoms with E-state index < -0.39 is 0 Å². The fraction of sp³-hybridized carbons (Fsp3) is 0.375. The Labute approximate surface area is 113 Å². The topological polar surface area (TPSA) is 45.4 Å². The van der Waals surface area contributed by atoms with Crippen molar-refractivity contribution in [2.75, 3.05) is 0 Å². The normalized spacial score (nSPS) is 16.5. The van der Waals surface area contributed by atoms with Crippen LogP contribution >= 0.6 is 0 Å². The number of aromatic nitrogens is 1. The van der Waals surface area contributed by atoms with Crippen LogP contribution in [0.5, 0.6) is 0 Å². The largest absolute Gasteiger partial charge is 0.392 e. The van der Waals surface area contributed by atoms with Gasteiger partial charge in [0, 0.05) is 18.9 Å². The van der Waals surface area contributed by atoms with E-state index in [4.69, 9.17) is 5.11 Å². The second-order valence-corrected chi connectivity index (χ2v) is 5.37. The highest BCUT2D eigenvalue weighted by molar-refractivity contribution is 5.23. The van der Waals surface area contributed by atoms with Crippen molar-refractivity contribution in [2.24, 2.45) is 5.92 Å². The zero-order chi connectivity index (χ0) is 13.2. The van der Waals surface area contributed by atoms with E-state index >= 15 is 0 Å². The van der Waals surface area contributed by atoms with Crippen molar-refractivity contribution in [3.05, 3.63) is 59.4 Å². The van der Waals surface area contributed by atoms with Crippen LogP contribution in [0.2, 0.25) is 0 Å². The van der Waals surface area contributed by atoms with Crippen LogP contribution in [0.15, 0.2) is 42.7 Å². The summed E-state index contributed by atoms with van der Waals surface area (Å²) in [5.74, 6) is 0.472. The van der Waals surface area contributed by atoms with Gasteiger partial charge in [-0.2, -0.15) is 0 Å². The minimum absolute atomic E-state index is 0.0849. The molecule has 0 aliphatic heterocycles. The molecule has 19 heavy (non-hydrogen) atoms. The van der Waals surface area contributed by atoms with E-state index in [2.05, 4.69) is 4.57 Å². The predicted molar refractivity (Wildman–Crippen MR) is 73.6 cm³/mol. The molecule has 100 valence electrons. The molecule has 0 radical (unpaired) electrons. The lowest BCUT2D eigenvalue weighted by Gasteiger charge is -2.07. The first-order chi connectivity index (χ1) is 9.26. The van der Waals surface area contributed by atoms with E-state index in [9.17, 15) is 5.11 Å². The third-order valence-electron chi connectivity index (χ3n) is 3.75. The summed E-state index contributed by atoms with van der Waals surface area (Å²) in [6, 6.07) is 9.95. The van der Waals surface area contributed by atoms with Crippen LogP contribution in [0.4, 0.5) is 0 Å². The highest BCUT2D eigenvalue weighted by atomic mass is 16.3. The van der Waals surface area contributed by atoms with Crippen LogP contribution in [-0.4, -0.2) is 14.8 Å². The maximum Gasteiger partial charge on any atom is 0.0832 e. The molecule has 0 spiro atoms. The molecule has 1 aromatic carbocycles. The van der Waals surface area contributed by atoms with Gasteiger partial charge in [-0.05, 0) is 41.5 Å². The van der Waals surface area contributed by atoms with Crippen molar-refractivity contribution in [3.63, 3.8) is 0 Å². The average molecular weight is 257 g/mol. The summed E-state index contributed by atoms with van der Waals surface area (Å²) >= 11 is 0. The van der Waals surface area contributed by atoms with Crippen LogP contribution in [0, 0.1) is 5.92 Å². The number of benzene rings is 1. The third-order valence-corrected chi connectivity index (χ3v) is 3.75. The summed E-state index contributed by atoms with van der Waals surface area (Å²) in [6.45, 7) is 0.880. The minimum atomic E-state index is -0.294. The smallest absolute Gasteiger partial charge is 0.0832 e. The van der Waals surface area contributed by atoms with Crippen molar-refractivity contribution in [2.45, 2.75) is 32.1 Å². The van der Waals surface area contributed by atoms with Gasteiger partial charge in [0.2, 0.25) is 0 Å². The standard InChI is InChI=1S/C16H19NO2/c18-11-13-3-1-12(2-4-13)9-17-8-7-15(10-17)16(19)14-5-6-14/h1-4,7-8,10,14,16,18-19H,5-6,9,11H2. The number of hydrogen-bond donors (Lipinski definition) is 2. The first kappa shape index (κ1) is 12.5. The Balaban J connectivity index is 1.68. The maximum atomic E-state index is 10.1. The molecule has 1 fully saturated rings. The number of aliphatic hydroxyl groups is 2. The Morgan fingerprint density at radius 3 is 2.42 bits per heavy atom. The second kappa shape index (κ2) is 5.19. The highest BCUT2D eigenvalue weighted by Crippen LogP contribution is 2.40. The molecule has 0 bridgehead atoms. The molecule has 1 heterocycles. The Bertz CT molecular complexity index is 540. The fourth-order valence-corrected chi connectivity index (χ4v) is 2.38. The first-order valence-corrected chi connectivity index (χ1v) is 6.78. The molecule has 2 aromatic rings. The third kappa shape index (κ3) is 2.88. The zero-order valence-electron chi connectivity index (χ0n) is 10.9. The number of rotatable bonds is 5. The molecule has 3 rings (SSSR count). The molecule has 3 nitrogen and oxygen atoms in total. The molecule has 1 atom stereocenters. The summed E-state index contributed by atoms with van der Waals surface area (Å²) < 4.78 is 2.09. The van der Waals surface area contributed by atoms with Gasteiger partial charge in [0.25, 0.3) is 0 Å². The summed E-state index contributed by atoms with van der Waals surface area (Å²) in [5, 5.41) is 19.1. The van der Waals surface area contributed by atoms with Crippen molar-refractivity contribution in [3.8, 4) is 0 Å². The van der Waals surface area contributed by atoms with Crippen LogP contribution in [0.1, 0.15) is 35.6 Å². The summed E-state index contributed by atoms with van der Waals surface area (Å²) in [4.78, 5) is 0. The summed E-state index contributed by atoms with van der Waals surface area (Å²) in [6.07, 6.45) is 6.05. The van der Waals surface area contributed by atoms with Gasteiger partial charge >= 0.3 is 0 Å². The monoisotopic (exact) mass is 257 g/mol. The SMILES string of the molecule is OCc1ccc(Cn2ccc(C(O)C3CC3)c2)cc1. The van der Waals surface area contributed by atoms with Crippen molar-refractivity contribution < 1.29 is 10.2 Å². The number of aliphatic hydroxyl groups excluding tert-OH is 2. The lowest BCUT2D eigenvalue weighted by atomic mass is 10.1. The van der Waals surface area contributed by atoms with Gasteiger partial charge in [-0.3, -0.25) is 0 Å². The van der Waals surface area contributed by atoms with E-state index in [0.29, 0.717) is 5.92 Å². The molecule has 1 aliphatic rings. The number of hydrogen-bond acceptors (Lipinski definition) is 2. The maximum absolute atomic E-state index is 10.1. The lowest BCUT2D eigenvalue weighted by Crippen LogP contribution is -1.99. The van der Waals surface area contributed by atoms with Gasteiger partial charge in [-0.1, -0.05) is 24.3 Å². The summed E-state index contributed by atoms with van der Waals surface area (Å²) in [5.41, 5.74) is 3.15. The van der Waals surface area contributed by atoms with Gasteiger partial charge in [0.05, 0.1) is 12.7 Å². The highest BCUT2D eigenvalue weighted by Gasteiger charge is 2.31. The Morgan fingerprint density at radius 1 is 1.11 bits per heavy atom. The van der Waals surface area contributed by atoms with E-state index in [-0.39, 0.29) is 12.7 Å². The number of nitrogens with zero attached hydrogens (tertiary/aromatic N) is 1. The molecule has 1 aromatic heterocycles. The molecule has 0 amide bonds. The second-order valence-electron chi connectivity index (χ2n) is 5.37. The Morgan fingerprint density at radius 2 is 1.79 bits per heavy atom. The average Bonchev–Trinajstić information content (AvgIpc) is 3.19. The van der Waals surface area contributed by atoms with Crippen LogP contribution in [0.3, 0.4) is 0 Å². The molecule has 1 unspecified atom stereocenters. The predicted octanol–water partition coefficient (Wildman–Crippen LogP) is 2.47. The Hall–Kier alpha value is -1.58. The summed E-state index contributed by atoms with van der Waals surface area (Å²) in [7, 11) is 0. The molecular weight excluding hydrogens is 238 g/mol. The van der Waals surface area contributed by atoms with Crippen molar-refractivity contribution in [1.82, 2.24) is 4.57 Å². The van der Waals surface area contributed by atoms with Crippen LogP contribution in [-0.2, 0) is 13.2 Å². The molecule has 1 saturated carbocycles. The van der Waals surface area contributed by atoms with Crippen molar-refractivity contribution in [1.29, 1.82) is 0 Å². The quantitative estimate of drug-likeness (QED) is 0.864. The molecule has 2 N–H and O–H groups in total. The Kier molecular flexibility index (Phi) is 3.40. The van der Waals surface area contributed by atoms with Gasteiger partial charge in [-0.15, -0.1) is 0 Å². The molecule has 0 saturated heterocycles. The fourth-order valence-electron chi connectivity index (χ4n) is 2.38.